The average molecular weight is 394 g/mol. The predicted octanol–water partition coefficient (Wildman–Crippen LogP) is 3.74. The first-order valence-corrected chi connectivity index (χ1v) is 11.3. The van der Waals surface area contributed by atoms with E-state index in [0.29, 0.717) is 12.0 Å². The molecule has 5 aliphatic rings. The Morgan fingerprint density at radius 1 is 1.00 bits per heavy atom. The van der Waals surface area contributed by atoms with Gasteiger partial charge >= 0.3 is 0 Å². The van der Waals surface area contributed by atoms with Crippen LogP contribution in [0.15, 0.2) is 35.4 Å². The van der Waals surface area contributed by atoms with Crippen molar-refractivity contribution < 1.29 is 9.59 Å². The maximum absolute atomic E-state index is 12.5. The van der Waals surface area contributed by atoms with E-state index < -0.39 is 0 Å². The van der Waals surface area contributed by atoms with Crippen LogP contribution in [0.25, 0.3) is 0 Å². The zero-order valence-electron chi connectivity index (χ0n) is 17.1. The zero-order chi connectivity index (χ0) is 19.8. The lowest BCUT2D eigenvalue weighted by Crippen LogP contribution is -2.51. The molecule has 1 heterocycles. The van der Waals surface area contributed by atoms with Gasteiger partial charge in [-0.1, -0.05) is 30.3 Å². The molecule has 1 aromatic carbocycles. The molecule has 2 amide bonds. The van der Waals surface area contributed by atoms with Gasteiger partial charge < -0.3 is 5.32 Å². The molecule has 29 heavy (non-hydrogen) atoms. The lowest BCUT2D eigenvalue weighted by molar-refractivity contribution is -0.133. The number of hydrazone groups is 1. The molecule has 0 spiro atoms. The number of hydrogen-bond donors (Lipinski definition) is 1. The number of hydrogen-bond acceptors (Lipinski definition) is 3. The SMILES string of the molecule is O=C(CCC(=O)N1CCC(c2ccccc2)=N1)NCC12CC3CC(CC(C3)C1)C2. The summed E-state index contributed by atoms with van der Waals surface area (Å²) in [6.45, 7) is 1.42. The highest BCUT2D eigenvalue weighted by Gasteiger charge is 2.50. The Bertz CT molecular complexity index is 781. The molecule has 4 saturated carbocycles. The number of carbonyl (C=O) groups excluding carboxylic acids is 2. The molecule has 0 atom stereocenters. The van der Waals surface area contributed by atoms with Crippen LogP contribution in [-0.4, -0.2) is 35.6 Å². The maximum Gasteiger partial charge on any atom is 0.243 e. The molecule has 0 radical (unpaired) electrons. The molecular formula is C24H31N3O2. The minimum atomic E-state index is -0.0547. The fourth-order valence-corrected chi connectivity index (χ4v) is 6.70. The molecule has 154 valence electrons. The van der Waals surface area contributed by atoms with Gasteiger partial charge in [0.2, 0.25) is 11.8 Å². The summed E-state index contributed by atoms with van der Waals surface area (Å²) in [6.07, 6.45) is 9.41. The Kier molecular flexibility index (Phi) is 4.92. The van der Waals surface area contributed by atoms with Gasteiger partial charge in [-0.05, 0) is 67.3 Å². The van der Waals surface area contributed by atoms with Crippen LogP contribution >= 0.6 is 0 Å². The van der Waals surface area contributed by atoms with Crippen molar-refractivity contribution in [2.24, 2.45) is 28.3 Å². The van der Waals surface area contributed by atoms with Gasteiger partial charge in [0.05, 0.1) is 12.3 Å². The molecule has 4 fully saturated rings. The van der Waals surface area contributed by atoms with Gasteiger partial charge in [0.15, 0.2) is 0 Å². The molecule has 5 nitrogen and oxygen atoms in total. The third-order valence-corrected chi connectivity index (χ3v) is 7.59. The summed E-state index contributed by atoms with van der Waals surface area (Å²) in [6, 6.07) is 9.98. The van der Waals surface area contributed by atoms with Crippen LogP contribution < -0.4 is 5.32 Å². The summed E-state index contributed by atoms with van der Waals surface area (Å²) in [5.74, 6) is 2.64. The zero-order valence-corrected chi connectivity index (χ0v) is 17.1. The topological polar surface area (TPSA) is 61.8 Å². The number of benzene rings is 1. The molecule has 1 N–H and O–H groups in total. The first-order valence-electron chi connectivity index (χ1n) is 11.3. The first kappa shape index (κ1) is 18.8. The fourth-order valence-electron chi connectivity index (χ4n) is 6.70. The van der Waals surface area contributed by atoms with E-state index in [-0.39, 0.29) is 24.7 Å². The number of nitrogens with zero attached hydrogens (tertiary/aromatic N) is 2. The molecule has 0 aromatic heterocycles. The first-order chi connectivity index (χ1) is 14.1. The van der Waals surface area contributed by atoms with Crippen molar-refractivity contribution in [3.05, 3.63) is 35.9 Å². The van der Waals surface area contributed by atoms with Crippen molar-refractivity contribution in [1.82, 2.24) is 10.3 Å². The molecule has 0 unspecified atom stereocenters. The number of carbonyl (C=O) groups is 2. The molecule has 5 heteroatoms. The summed E-state index contributed by atoms with van der Waals surface area (Å²) in [5, 5.41) is 9.19. The minimum absolute atomic E-state index is 0.0144. The lowest BCUT2D eigenvalue weighted by atomic mass is 9.49. The van der Waals surface area contributed by atoms with Crippen LogP contribution in [0.3, 0.4) is 0 Å². The van der Waals surface area contributed by atoms with E-state index in [4.69, 9.17) is 0 Å². The quantitative estimate of drug-likeness (QED) is 0.800. The van der Waals surface area contributed by atoms with E-state index in [1.807, 2.05) is 30.3 Å². The van der Waals surface area contributed by atoms with Crippen molar-refractivity contribution in [3.63, 3.8) is 0 Å². The van der Waals surface area contributed by atoms with Gasteiger partial charge in [0.1, 0.15) is 0 Å². The Morgan fingerprint density at radius 2 is 1.66 bits per heavy atom. The highest BCUT2D eigenvalue weighted by molar-refractivity contribution is 6.02. The predicted molar refractivity (Wildman–Crippen MR) is 112 cm³/mol. The Labute approximate surface area is 172 Å². The molecule has 1 aromatic rings. The van der Waals surface area contributed by atoms with Crippen LogP contribution in [0.2, 0.25) is 0 Å². The van der Waals surface area contributed by atoms with E-state index >= 15 is 0 Å². The van der Waals surface area contributed by atoms with Gasteiger partial charge in [-0.15, -0.1) is 0 Å². The Hall–Kier alpha value is -2.17. The Morgan fingerprint density at radius 3 is 2.31 bits per heavy atom. The van der Waals surface area contributed by atoms with Gasteiger partial charge in [0, 0.05) is 25.8 Å². The van der Waals surface area contributed by atoms with E-state index in [9.17, 15) is 9.59 Å². The molecule has 1 aliphatic heterocycles. The second-order valence-corrected chi connectivity index (χ2v) is 9.87. The second-order valence-electron chi connectivity index (χ2n) is 9.87. The van der Waals surface area contributed by atoms with Crippen LogP contribution in [0.1, 0.15) is 63.4 Å². The van der Waals surface area contributed by atoms with Gasteiger partial charge in [-0.2, -0.15) is 5.10 Å². The van der Waals surface area contributed by atoms with E-state index in [0.717, 1.165) is 42.0 Å². The summed E-state index contributed by atoms with van der Waals surface area (Å²) < 4.78 is 0. The molecule has 4 bridgehead atoms. The standard InChI is InChI=1S/C24H31N3O2/c28-22(25-16-24-13-17-10-18(14-24)12-19(11-17)15-24)6-7-23(29)27-9-8-21(26-27)20-4-2-1-3-5-20/h1-5,17-19H,6-16H2,(H,25,28). The van der Waals surface area contributed by atoms with Crippen LogP contribution in [0.5, 0.6) is 0 Å². The smallest absolute Gasteiger partial charge is 0.243 e. The van der Waals surface area contributed by atoms with Crippen molar-refractivity contribution >= 4 is 17.5 Å². The van der Waals surface area contributed by atoms with Crippen LogP contribution in [0.4, 0.5) is 0 Å². The summed E-state index contributed by atoms with van der Waals surface area (Å²) in [5.41, 5.74) is 2.36. The second kappa shape index (κ2) is 7.58. The normalized spacial score (nSPS) is 32.3. The largest absolute Gasteiger partial charge is 0.356 e. The van der Waals surface area contributed by atoms with Crippen molar-refractivity contribution in [2.45, 2.75) is 57.8 Å². The third-order valence-electron chi connectivity index (χ3n) is 7.59. The van der Waals surface area contributed by atoms with Crippen molar-refractivity contribution in [1.29, 1.82) is 0 Å². The van der Waals surface area contributed by atoms with Gasteiger partial charge in [-0.25, -0.2) is 5.01 Å². The number of amides is 2. The molecule has 0 saturated heterocycles. The van der Waals surface area contributed by atoms with Gasteiger partial charge in [-0.3, -0.25) is 9.59 Å². The summed E-state index contributed by atoms with van der Waals surface area (Å²) in [4.78, 5) is 24.9. The van der Waals surface area contributed by atoms with Crippen LogP contribution in [0, 0.1) is 23.2 Å². The van der Waals surface area contributed by atoms with E-state index in [1.54, 1.807) is 0 Å². The van der Waals surface area contributed by atoms with Gasteiger partial charge in [0.25, 0.3) is 0 Å². The van der Waals surface area contributed by atoms with Crippen LogP contribution in [-0.2, 0) is 9.59 Å². The fraction of sp³-hybridized carbons (Fsp3) is 0.625. The van der Waals surface area contributed by atoms with E-state index in [1.165, 1.54) is 43.5 Å². The van der Waals surface area contributed by atoms with Crippen molar-refractivity contribution in [3.8, 4) is 0 Å². The lowest BCUT2D eigenvalue weighted by Gasteiger charge is -2.56. The molecule has 4 aliphatic carbocycles. The maximum atomic E-state index is 12.5. The molecule has 6 rings (SSSR count). The number of nitrogens with one attached hydrogen (secondary N) is 1. The number of rotatable bonds is 6. The minimum Gasteiger partial charge on any atom is -0.356 e. The summed E-state index contributed by atoms with van der Waals surface area (Å²) >= 11 is 0. The monoisotopic (exact) mass is 393 g/mol. The highest BCUT2D eigenvalue weighted by atomic mass is 16.2. The summed E-state index contributed by atoms with van der Waals surface area (Å²) in [7, 11) is 0. The Balaban J connectivity index is 1.09. The highest BCUT2D eigenvalue weighted by Crippen LogP contribution is 2.59. The average Bonchev–Trinajstić information content (AvgIpc) is 3.21. The molecular weight excluding hydrogens is 362 g/mol. The van der Waals surface area contributed by atoms with Crippen molar-refractivity contribution in [2.75, 3.05) is 13.1 Å². The third kappa shape index (κ3) is 3.96. The van der Waals surface area contributed by atoms with E-state index in [2.05, 4.69) is 10.4 Å².